The van der Waals surface area contributed by atoms with Crippen LogP contribution < -0.4 is 0 Å². The van der Waals surface area contributed by atoms with E-state index in [1.54, 1.807) is 0 Å². The third-order valence-corrected chi connectivity index (χ3v) is 4.13. The lowest BCUT2D eigenvalue weighted by Gasteiger charge is -2.34. The molecule has 0 amide bonds. The van der Waals surface area contributed by atoms with Crippen LogP contribution in [0.2, 0.25) is 5.02 Å². The van der Waals surface area contributed by atoms with E-state index in [9.17, 15) is 5.11 Å². The standard InChI is InChI=1S/C16H25ClN2O2/c1-2-18-7-9-19(10-8-18)11-16(20)13-21-12-14-3-5-15(17)6-4-14/h3-6,16,20H,2,7-13H2,1H3. The number of halogens is 1. The van der Waals surface area contributed by atoms with E-state index in [-0.39, 0.29) is 0 Å². The Hall–Kier alpha value is -0.650. The van der Waals surface area contributed by atoms with Crippen LogP contribution in [0.25, 0.3) is 0 Å². The van der Waals surface area contributed by atoms with Gasteiger partial charge in [0.2, 0.25) is 0 Å². The number of rotatable bonds is 7. The second-order valence-corrected chi connectivity index (χ2v) is 5.97. The summed E-state index contributed by atoms with van der Waals surface area (Å²) in [6.07, 6.45) is -0.425. The molecule has 0 spiro atoms. The summed E-state index contributed by atoms with van der Waals surface area (Å²) in [4.78, 5) is 4.74. The van der Waals surface area contributed by atoms with Crippen molar-refractivity contribution in [3.05, 3.63) is 34.9 Å². The zero-order chi connectivity index (χ0) is 15.1. The molecule has 1 atom stereocenters. The average molecular weight is 313 g/mol. The first kappa shape index (κ1) is 16.7. The Bertz CT molecular complexity index is 405. The van der Waals surface area contributed by atoms with Crippen LogP contribution in [0.1, 0.15) is 12.5 Å². The van der Waals surface area contributed by atoms with Crippen molar-refractivity contribution in [2.45, 2.75) is 19.6 Å². The molecule has 0 aromatic heterocycles. The van der Waals surface area contributed by atoms with Gasteiger partial charge in [0, 0.05) is 37.7 Å². The van der Waals surface area contributed by atoms with Crippen molar-refractivity contribution in [2.75, 3.05) is 45.9 Å². The summed E-state index contributed by atoms with van der Waals surface area (Å²) in [5, 5.41) is 10.8. The SMILES string of the molecule is CCN1CCN(CC(O)COCc2ccc(Cl)cc2)CC1. The maximum absolute atomic E-state index is 10.0. The summed E-state index contributed by atoms with van der Waals surface area (Å²) < 4.78 is 5.58. The van der Waals surface area contributed by atoms with Gasteiger partial charge in [-0.05, 0) is 24.2 Å². The predicted octanol–water partition coefficient (Wildman–Crippen LogP) is 1.85. The molecule has 1 fully saturated rings. The Kier molecular flexibility index (Phi) is 6.93. The van der Waals surface area contributed by atoms with Gasteiger partial charge in [0.1, 0.15) is 0 Å². The lowest BCUT2D eigenvalue weighted by atomic mass is 10.2. The molecule has 1 aromatic rings. The van der Waals surface area contributed by atoms with Crippen LogP contribution in [-0.2, 0) is 11.3 Å². The first-order chi connectivity index (χ1) is 10.2. The number of likely N-dealkylation sites (N-methyl/N-ethyl adjacent to an activating group) is 1. The van der Waals surface area contributed by atoms with Gasteiger partial charge in [0.25, 0.3) is 0 Å². The quantitative estimate of drug-likeness (QED) is 0.833. The van der Waals surface area contributed by atoms with Crippen molar-refractivity contribution >= 4 is 11.6 Å². The second-order valence-electron chi connectivity index (χ2n) is 5.53. The summed E-state index contributed by atoms with van der Waals surface area (Å²) >= 11 is 5.84. The van der Waals surface area contributed by atoms with Crippen molar-refractivity contribution in [3.8, 4) is 0 Å². The Morgan fingerprint density at radius 1 is 1.14 bits per heavy atom. The van der Waals surface area contributed by atoms with Gasteiger partial charge in [0.15, 0.2) is 0 Å². The fraction of sp³-hybridized carbons (Fsp3) is 0.625. The maximum atomic E-state index is 10.0. The van der Waals surface area contributed by atoms with E-state index in [1.807, 2.05) is 24.3 Å². The predicted molar refractivity (Wildman–Crippen MR) is 85.7 cm³/mol. The van der Waals surface area contributed by atoms with Crippen LogP contribution in [-0.4, -0.2) is 66.9 Å². The second kappa shape index (κ2) is 8.71. The third kappa shape index (κ3) is 5.93. The van der Waals surface area contributed by atoms with Gasteiger partial charge in [-0.3, -0.25) is 4.90 Å². The summed E-state index contributed by atoms with van der Waals surface area (Å²) in [6.45, 7) is 9.12. The minimum absolute atomic E-state index is 0.372. The number of hydrogen-bond acceptors (Lipinski definition) is 4. The van der Waals surface area contributed by atoms with Crippen LogP contribution in [0.15, 0.2) is 24.3 Å². The summed E-state index contributed by atoms with van der Waals surface area (Å²) in [7, 11) is 0. The first-order valence-corrected chi connectivity index (χ1v) is 8.00. The highest BCUT2D eigenvalue weighted by Gasteiger charge is 2.18. The lowest BCUT2D eigenvalue weighted by molar-refractivity contribution is 0.00177. The highest BCUT2D eigenvalue weighted by Crippen LogP contribution is 2.10. The van der Waals surface area contributed by atoms with Crippen molar-refractivity contribution in [1.82, 2.24) is 9.80 Å². The number of aliphatic hydroxyl groups is 1. The van der Waals surface area contributed by atoms with Gasteiger partial charge >= 0.3 is 0 Å². The largest absolute Gasteiger partial charge is 0.389 e. The fourth-order valence-electron chi connectivity index (χ4n) is 2.53. The molecular weight excluding hydrogens is 288 g/mol. The molecule has 1 heterocycles. The van der Waals surface area contributed by atoms with Crippen molar-refractivity contribution in [2.24, 2.45) is 0 Å². The molecular formula is C16H25ClN2O2. The molecule has 1 aromatic carbocycles. The van der Waals surface area contributed by atoms with E-state index in [0.717, 1.165) is 43.3 Å². The fourth-order valence-corrected chi connectivity index (χ4v) is 2.66. The van der Waals surface area contributed by atoms with Gasteiger partial charge in [-0.15, -0.1) is 0 Å². The topological polar surface area (TPSA) is 35.9 Å². The summed E-state index contributed by atoms with van der Waals surface area (Å²) in [5.41, 5.74) is 1.07. The zero-order valence-corrected chi connectivity index (χ0v) is 13.4. The van der Waals surface area contributed by atoms with Gasteiger partial charge in [0.05, 0.1) is 19.3 Å². The number of nitrogens with zero attached hydrogens (tertiary/aromatic N) is 2. The summed E-state index contributed by atoms with van der Waals surface area (Å²) in [6, 6.07) is 7.59. The highest BCUT2D eigenvalue weighted by molar-refractivity contribution is 6.30. The Balaban J connectivity index is 1.61. The molecule has 1 unspecified atom stereocenters. The van der Waals surface area contributed by atoms with Crippen molar-refractivity contribution in [3.63, 3.8) is 0 Å². The van der Waals surface area contributed by atoms with E-state index < -0.39 is 6.10 Å². The molecule has 1 aliphatic rings. The monoisotopic (exact) mass is 312 g/mol. The molecule has 0 saturated carbocycles. The molecule has 0 radical (unpaired) electrons. The highest BCUT2D eigenvalue weighted by atomic mass is 35.5. The minimum atomic E-state index is -0.425. The normalized spacial score (nSPS) is 18.8. The van der Waals surface area contributed by atoms with E-state index >= 15 is 0 Å². The zero-order valence-electron chi connectivity index (χ0n) is 12.7. The van der Waals surface area contributed by atoms with Gasteiger partial charge in [-0.1, -0.05) is 30.7 Å². The van der Waals surface area contributed by atoms with E-state index in [1.165, 1.54) is 0 Å². The van der Waals surface area contributed by atoms with Gasteiger partial charge in [-0.25, -0.2) is 0 Å². The Morgan fingerprint density at radius 3 is 2.38 bits per heavy atom. The van der Waals surface area contributed by atoms with E-state index in [4.69, 9.17) is 16.3 Å². The molecule has 4 nitrogen and oxygen atoms in total. The smallest absolute Gasteiger partial charge is 0.0900 e. The molecule has 0 aliphatic carbocycles. The number of piperazine rings is 1. The molecule has 1 saturated heterocycles. The third-order valence-electron chi connectivity index (χ3n) is 3.87. The van der Waals surface area contributed by atoms with Crippen molar-refractivity contribution < 1.29 is 9.84 Å². The molecule has 1 N–H and O–H groups in total. The number of hydrogen-bond donors (Lipinski definition) is 1. The maximum Gasteiger partial charge on any atom is 0.0900 e. The van der Waals surface area contributed by atoms with Crippen LogP contribution in [0.3, 0.4) is 0 Å². The van der Waals surface area contributed by atoms with Crippen LogP contribution >= 0.6 is 11.6 Å². The number of ether oxygens (including phenoxy) is 1. The molecule has 1 aliphatic heterocycles. The average Bonchev–Trinajstić information content (AvgIpc) is 2.50. The van der Waals surface area contributed by atoms with Crippen LogP contribution in [0, 0.1) is 0 Å². The van der Waals surface area contributed by atoms with Crippen LogP contribution in [0.5, 0.6) is 0 Å². The molecule has 0 bridgehead atoms. The van der Waals surface area contributed by atoms with Gasteiger partial charge in [-0.2, -0.15) is 0 Å². The molecule has 21 heavy (non-hydrogen) atoms. The molecule has 5 heteroatoms. The summed E-state index contributed by atoms with van der Waals surface area (Å²) in [5.74, 6) is 0. The van der Waals surface area contributed by atoms with Gasteiger partial charge < -0.3 is 14.7 Å². The first-order valence-electron chi connectivity index (χ1n) is 7.62. The minimum Gasteiger partial charge on any atom is -0.389 e. The number of benzene rings is 1. The number of β-amino-alcohol motifs (C(OH)–C–C–N with tert-alkyl or cyclic N) is 1. The van der Waals surface area contributed by atoms with E-state index in [2.05, 4.69) is 16.7 Å². The van der Waals surface area contributed by atoms with Crippen molar-refractivity contribution in [1.29, 1.82) is 0 Å². The number of aliphatic hydroxyl groups excluding tert-OH is 1. The lowest BCUT2D eigenvalue weighted by Crippen LogP contribution is -2.48. The molecule has 2 rings (SSSR count). The molecule has 118 valence electrons. The van der Waals surface area contributed by atoms with Crippen LogP contribution in [0.4, 0.5) is 0 Å². The Morgan fingerprint density at radius 2 is 1.76 bits per heavy atom. The van der Waals surface area contributed by atoms with E-state index in [0.29, 0.717) is 19.8 Å². The Labute approximate surface area is 132 Å².